The van der Waals surface area contributed by atoms with E-state index in [0.717, 1.165) is 4.57 Å². The summed E-state index contributed by atoms with van der Waals surface area (Å²) >= 11 is 1.79. The highest BCUT2D eigenvalue weighted by molar-refractivity contribution is 14.1. The van der Waals surface area contributed by atoms with E-state index in [0.29, 0.717) is 23.2 Å². The first-order valence-electron chi connectivity index (χ1n) is 5.00. The minimum Gasteiger partial charge on any atom is -0.389 e. The average Bonchev–Trinajstić information content (AvgIpc) is 2.34. The first-order valence-corrected chi connectivity index (χ1v) is 6.08. The molecule has 0 saturated carbocycles. The van der Waals surface area contributed by atoms with Gasteiger partial charge in [0.15, 0.2) is 0 Å². The first-order chi connectivity index (χ1) is 8.09. The Balaban J connectivity index is 2.54. The van der Waals surface area contributed by atoms with E-state index in [1.807, 2.05) is 0 Å². The van der Waals surface area contributed by atoms with Crippen LogP contribution in [0.3, 0.4) is 0 Å². The Morgan fingerprint density at radius 3 is 2.71 bits per heavy atom. The van der Waals surface area contributed by atoms with Crippen molar-refractivity contribution in [2.45, 2.75) is 12.3 Å². The van der Waals surface area contributed by atoms with Crippen LogP contribution in [-0.2, 0) is 15.4 Å². The van der Waals surface area contributed by atoms with Crippen molar-refractivity contribution in [3.8, 4) is 0 Å². The van der Waals surface area contributed by atoms with Crippen LogP contribution in [0.5, 0.6) is 0 Å². The van der Waals surface area contributed by atoms with Crippen molar-refractivity contribution in [1.29, 1.82) is 0 Å². The summed E-state index contributed by atoms with van der Waals surface area (Å²) in [5.41, 5.74) is -1.15. The van der Waals surface area contributed by atoms with Crippen LogP contribution in [0.15, 0.2) is 15.8 Å². The lowest BCUT2D eigenvalue weighted by Gasteiger charge is -2.36. The summed E-state index contributed by atoms with van der Waals surface area (Å²) in [6.07, 6.45) is 2.00. The summed E-state index contributed by atoms with van der Waals surface area (Å²) < 4.78 is 12.1. The molecule has 0 bridgehead atoms. The summed E-state index contributed by atoms with van der Waals surface area (Å²) in [6, 6.07) is 0. The SMILES string of the molecule is O=c1[nH]c(=O)n(C2(CO)OCCCO2)cc1I. The summed E-state index contributed by atoms with van der Waals surface area (Å²) in [4.78, 5) is 25.1. The fourth-order valence-electron chi connectivity index (χ4n) is 1.57. The number of rotatable bonds is 2. The summed E-state index contributed by atoms with van der Waals surface area (Å²) in [5, 5.41) is 9.38. The van der Waals surface area contributed by atoms with Gasteiger partial charge in [0, 0.05) is 6.20 Å². The lowest BCUT2D eigenvalue weighted by atomic mass is 10.4. The van der Waals surface area contributed by atoms with E-state index in [9.17, 15) is 14.7 Å². The number of hydrogen-bond donors (Lipinski definition) is 2. The fraction of sp³-hybridized carbons (Fsp3) is 0.556. The monoisotopic (exact) mass is 354 g/mol. The van der Waals surface area contributed by atoms with Gasteiger partial charge in [-0.15, -0.1) is 0 Å². The van der Waals surface area contributed by atoms with E-state index in [2.05, 4.69) is 4.98 Å². The van der Waals surface area contributed by atoms with Crippen LogP contribution in [0, 0.1) is 3.57 Å². The normalized spacial score (nSPS) is 19.2. The highest BCUT2D eigenvalue weighted by Crippen LogP contribution is 2.22. The minimum atomic E-state index is -1.53. The molecule has 1 aliphatic heterocycles. The topological polar surface area (TPSA) is 93.6 Å². The molecule has 1 aromatic rings. The van der Waals surface area contributed by atoms with Crippen LogP contribution >= 0.6 is 22.6 Å². The van der Waals surface area contributed by atoms with Gasteiger partial charge in [-0.25, -0.2) is 9.36 Å². The lowest BCUT2D eigenvalue weighted by molar-refractivity contribution is -0.336. The van der Waals surface area contributed by atoms with Gasteiger partial charge in [-0.05, 0) is 29.0 Å². The predicted molar refractivity (Wildman–Crippen MR) is 65.6 cm³/mol. The van der Waals surface area contributed by atoms with Gasteiger partial charge in [0.2, 0.25) is 0 Å². The molecular weight excluding hydrogens is 343 g/mol. The second-order valence-corrected chi connectivity index (χ2v) is 4.69. The molecule has 17 heavy (non-hydrogen) atoms. The van der Waals surface area contributed by atoms with Gasteiger partial charge in [0.1, 0.15) is 6.61 Å². The number of aromatic nitrogens is 2. The third kappa shape index (κ3) is 2.30. The van der Waals surface area contributed by atoms with Gasteiger partial charge >= 0.3 is 5.69 Å². The molecule has 1 aromatic heterocycles. The smallest absolute Gasteiger partial charge is 0.332 e. The molecule has 1 fully saturated rings. The minimum absolute atomic E-state index is 0.313. The van der Waals surface area contributed by atoms with Gasteiger partial charge in [-0.1, -0.05) is 0 Å². The number of nitrogens with zero attached hydrogens (tertiary/aromatic N) is 1. The number of aliphatic hydroxyl groups is 1. The maximum atomic E-state index is 11.7. The molecule has 0 spiro atoms. The van der Waals surface area contributed by atoms with Gasteiger partial charge in [-0.2, -0.15) is 0 Å². The number of ether oxygens (including phenoxy) is 2. The number of halogens is 1. The predicted octanol–water partition coefficient (Wildman–Crippen LogP) is -0.819. The van der Waals surface area contributed by atoms with E-state index >= 15 is 0 Å². The van der Waals surface area contributed by atoms with Crippen LogP contribution in [0.4, 0.5) is 0 Å². The Labute approximate surface area is 110 Å². The van der Waals surface area contributed by atoms with E-state index in [4.69, 9.17) is 9.47 Å². The van der Waals surface area contributed by atoms with Crippen molar-refractivity contribution in [3.63, 3.8) is 0 Å². The quantitative estimate of drug-likeness (QED) is 0.677. The van der Waals surface area contributed by atoms with Crippen molar-refractivity contribution in [2.75, 3.05) is 19.8 Å². The van der Waals surface area contributed by atoms with Crippen LogP contribution in [0.1, 0.15) is 6.42 Å². The highest BCUT2D eigenvalue weighted by atomic mass is 127. The molecule has 0 atom stereocenters. The average molecular weight is 354 g/mol. The van der Waals surface area contributed by atoms with Gasteiger partial charge in [0.25, 0.3) is 11.5 Å². The zero-order valence-corrected chi connectivity index (χ0v) is 11.0. The van der Waals surface area contributed by atoms with Gasteiger partial charge < -0.3 is 14.6 Å². The molecule has 2 N–H and O–H groups in total. The summed E-state index contributed by atoms with van der Waals surface area (Å²) in [5.74, 6) is -1.53. The number of nitrogens with one attached hydrogen (secondary N) is 1. The summed E-state index contributed by atoms with van der Waals surface area (Å²) in [6.45, 7) is 0.250. The van der Waals surface area contributed by atoms with Crippen LogP contribution in [-0.4, -0.2) is 34.5 Å². The molecule has 0 unspecified atom stereocenters. The molecule has 0 amide bonds. The number of H-pyrrole nitrogens is 1. The standard InChI is InChI=1S/C9H11IN2O5/c10-6-4-12(8(15)11-7(6)14)9(5-13)16-2-1-3-17-9/h4,13H,1-3,5H2,(H,11,14,15). The zero-order chi connectivity index (χ0) is 12.5. The van der Waals surface area contributed by atoms with Crippen molar-refractivity contribution >= 4 is 22.6 Å². The molecule has 1 saturated heterocycles. The van der Waals surface area contributed by atoms with Crippen LogP contribution in [0.2, 0.25) is 0 Å². The van der Waals surface area contributed by atoms with Crippen molar-refractivity contribution in [2.24, 2.45) is 0 Å². The Morgan fingerprint density at radius 1 is 1.47 bits per heavy atom. The van der Waals surface area contributed by atoms with Crippen LogP contribution in [0.25, 0.3) is 0 Å². The zero-order valence-electron chi connectivity index (χ0n) is 8.81. The van der Waals surface area contributed by atoms with Crippen molar-refractivity contribution in [3.05, 3.63) is 30.6 Å². The molecule has 1 aliphatic rings. The molecule has 7 nitrogen and oxygen atoms in total. The summed E-state index contributed by atoms with van der Waals surface area (Å²) in [7, 11) is 0. The fourth-order valence-corrected chi connectivity index (χ4v) is 1.98. The van der Waals surface area contributed by atoms with E-state index in [-0.39, 0.29) is 0 Å². The Hall–Kier alpha value is -0.710. The first kappa shape index (κ1) is 12.7. The van der Waals surface area contributed by atoms with Crippen molar-refractivity contribution in [1.82, 2.24) is 9.55 Å². The third-order valence-electron chi connectivity index (χ3n) is 2.41. The second-order valence-electron chi connectivity index (χ2n) is 3.53. The second kappa shape index (κ2) is 4.88. The van der Waals surface area contributed by atoms with Crippen molar-refractivity contribution < 1.29 is 14.6 Å². The van der Waals surface area contributed by atoms with Crippen LogP contribution < -0.4 is 11.2 Å². The lowest BCUT2D eigenvalue weighted by Crippen LogP contribution is -2.52. The number of hydrogen-bond acceptors (Lipinski definition) is 5. The Bertz CT molecular complexity index is 517. The molecule has 8 heteroatoms. The number of aromatic amines is 1. The Morgan fingerprint density at radius 2 is 2.12 bits per heavy atom. The maximum absolute atomic E-state index is 11.7. The molecule has 94 valence electrons. The van der Waals surface area contributed by atoms with Gasteiger partial charge in [-0.3, -0.25) is 9.78 Å². The molecule has 0 aliphatic carbocycles. The van der Waals surface area contributed by atoms with E-state index in [1.165, 1.54) is 6.20 Å². The molecule has 2 heterocycles. The molecule has 0 aromatic carbocycles. The largest absolute Gasteiger partial charge is 0.389 e. The van der Waals surface area contributed by atoms with Gasteiger partial charge in [0.05, 0.1) is 16.8 Å². The highest BCUT2D eigenvalue weighted by Gasteiger charge is 2.37. The Kier molecular flexibility index (Phi) is 3.66. The molecule has 0 radical (unpaired) electrons. The van der Waals surface area contributed by atoms with E-state index < -0.39 is 23.8 Å². The molecule has 2 rings (SSSR count). The number of aliphatic hydroxyl groups excluding tert-OH is 1. The maximum Gasteiger partial charge on any atom is 0.332 e. The third-order valence-corrected chi connectivity index (χ3v) is 3.18. The van der Waals surface area contributed by atoms with E-state index in [1.54, 1.807) is 22.6 Å². The molecular formula is C9H11IN2O5.